The molecular weight excluding hydrogens is 394 g/mol. The second kappa shape index (κ2) is 7.43. The predicted molar refractivity (Wildman–Crippen MR) is 103 cm³/mol. The molecule has 2 aromatic carbocycles. The van der Waals surface area contributed by atoms with Crippen molar-refractivity contribution in [3.63, 3.8) is 0 Å². The molecule has 1 N–H and O–H groups in total. The minimum absolute atomic E-state index is 0.296. The molecule has 0 saturated carbocycles. The maximum absolute atomic E-state index is 9.41. The Morgan fingerprint density at radius 2 is 1.92 bits per heavy atom. The highest BCUT2D eigenvalue weighted by Gasteiger charge is 2.16. The summed E-state index contributed by atoms with van der Waals surface area (Å²) in [5.41, 5.74) is 3.38. The summed E-state index contributed by atoms with van der Waals surface area (Å²) in [6.07, 6.45) is 3.18. The number of nitrogens with zero attached hydrogens (tertiary/aromatic N) is 3. The Morgan fingerprint density at radius 1 is 1.08 bits per heavy atom. The molecule has 2 heterocycles. The van der Waals surface area contributed by atoms with E-state index in [2.05, 4.69) is 37.1 Å². The van der Waals surface area contributed by atoms with Crippen LogP contribution in [0, 0.1) is 0 Å². The molecule has 3 aromatic rings. The molecule has 0 fully saturated rings. The zero-order valence-corrected chi connectivity index (χ0v) is 15.7. The van der Waals surface area contributed by atoms with E-state index in [-0.39, 0.29) is 0 Å². The van der Waals surface area contributed by atoms with Crippen molar-refractivity contribution in [2.75, 3.05) is 13.1 Å². The van der Waals surface area contributed by atoms with E-state index in [1.807, 2.05) is 36.4 Å². The van der Waals surface area contributed by atoms with Crippen molar-refractivity contribution in [3.05, 3.63) is 70.5 Å². The summed E-state index contributed by atoms with van der Waals surface area (Å²) in [5, 5.41) is 17.7. The summed E-state index contributed by atoms with van der Waals surface area (Å²) in [6, 6.07) is 15.2. The van der Waals surface area contributed by atoms with Gasteiger partial charge in [-0.15, -0.1) is 10.2 Å². The topological polar surface area (TPSA) is 62.4 Å². The fourth-order valence-electron chi connectivity index (χ4n) is 3.04. The molecule has 5 nitrogen and oxygen atoms in total. The fourth-order valence-corrected chi connectivity index (χ4v) is 3.44. The average Bonchev–Trinajstić information content (AvgIpc) is 3.12. The van der Waals surface area contributed by atoms with E-state index in [9.17, 15) is 5.11 Å². The van der Waals surface area contributed by atoms with Crippen molar-refractivity contribution >= 4 is 21.5 Å². The lowest BCUT2D eigenvalue weighted by molar-refractivity contribution is 0.263. The van der Waals surface area contributed by atoms with Crippen LogP contribution in [0.4, 0.5) is 0 Å². The number of benzene rings is 2. The zero-order valence-electron chi connectivity index (χ0n) is 14.1. The molecule has 0 amide bonds. The molecule has 0 radical (unpaired) electrons. The van der Waals surface area contributed by atoms with Crippen LogP contribution in [-0.4, -0.2) is 33.3 Å². The van der Waals surface area contributed by atoms with Gasteiger partial charge in [0.2, 0.25) is 11.8 Å². The Labute approximate surface area is 160 Å². The Bertz CT molecular complexity index is 934. The first kappa shape index (κ1) is 17.0. The molecule has 0 spiro atoms. The van der Waals surface area contributed by atoms with Crippen LogP contribution in [0.25, 0.3) is 17.0 Å². The first-order chi connectivity index (χ1) is 12.7. The average molecular weight is 412 g/mol. The highest BCUT2D eigenvalue weighted by Crippen LogP contribution is 2.25. The third kappa shape index (κ3) is 3.86. The second-order valence-corrected chi connectivity index (χ2v) is 7.19. The van der Waals surface area contributed by atoms with Crippen LogP contribution < -0.4 is 0 Å². The molecule has 0 unspecified atom stereocenters. The molecule has 132 valence electrons. The molecule has 6 heteroatoms. The monoisotopic (exact) mass is 411 g/mol. The largest absolute Gasteiger partial charge is 0.508 e. The summed E-state index contributed by atoms with van der Waals surface area (Å²) in [5.74, 6) is 1.46. The molecule has 0 aliphatic carbocycles. The summed E-state index contributed by atoms with van der Waals surface area (Å²) in [6.45, 7) is 2.41. The number of aromatic hydroxyl groups is 1. The van der Waals surface area contributed by atoms with Gasteiger partial charge in [0.15, 0.2) is 0 Å². The van der Waals surface area contributed by atoms with E-state index in [0.717, 1.165) is 35.1 Å². The third-order valence-corrected chi connectivity index (χ3v) is 4.92. The van der Waals surface area contributed by atoms with Gasteiger partial charge in [-0.3, -0.25) is 4.90 Å². The van der Waals surface area contributed by atoms with Crippen LogP contribution in [0.3, 0.4) is 0 Å². The molecule has 26 heavy (non-hydrogen) atoms. The number of rotatable bonds is 4. The third-order valence-electron chi connectivity index (χ3n) is 4.43. The van der Waals surface area contributed by atoms with Gasteiger partial charge in [-0.05, 0) is 47.9 Å². The van der Waals surface area contributed by atoms with Crippen LogP contribution in [0.2, 0.25) is 0 Å². The Kier molecular flexibility index (Phi) is 4.86. The number of halogens is 1. The number of hydrogen-bond acceptors (Lipinski definition) is 5. The molecule has 1 aromatic heterocycles. The van der Waals surface area contributed by atoms with Gasteiger partial charge in [0.05, 0.1) is 6.54 Å². The maximum Gasteiger partial charge on any atom is 0.247 e. The van der Waals surface area contributed by atoms with Gasteiger partial charge in [0.25, 0.3) is 0 Å². The van der Waals surface area contributed by atoms with E-state index in [0.29, 0.717) is 24.1 Å². The summed E-state index contributed by atoms with van der Waals surface area (Å²) < 4.78 is 6.80. The first-order valence-corrected chi connectivity index (χ1v) is 9.26. The lowest BCUT2D eigenvalue weighted by atomic mass is 9.99. The lowest BCUT2D eigenvalue weighted by Gasteiger charge is -2.25. The Morgan fingerprint density at radius 3 is 2.65 bits per heavy atom. The van der Waals surface area contributed by atoms with Crippen LogP contribution in [0.1, 0.15) is 17.9 Å². The van der Waals surface area contributed by atoms with Crippen LogP contribution in [-0.2, 0) is 6.54 Å². The molecule has 0 bridgehead atoms. The van der Waals surface area contributed by atoms with Gasteiger partial charge < -0.3 is 9.52 Å². The van der Waals surface area contributed by atoms with Gasteiger partial charge in [-0.2, -0.15) is 0 Å². The highest BCUT2D eigenvalue weighted by atomic mass is 79.9. The van der Waals surface area contributed by atoms with Gasteiger partial charge in [0, 0.05) is 23.1 Å². The Balaban J connectivity index is 1.41. The Hall–Kier alpha value is -2.44. The van der Waals surface area contributed by atoms with Crippen molar-refractivity contribution in [2.24, 2.45) is 0 Å². The van der Waals surface area contributed by atoms with Crippen molar-refractivity contribution in [3.8, 4) is 17.2 Å². The van der Waals surface area contributed by atoms with Gasteiger partial charge in [-0.1, -0.05) is 40.2 Å². The molecule has 1 aliphatic heterocycles. The minimum atomic E-state index is 0.296. The van der Waals surface area contributed by atoms with Crippen LogP contribution >= 0.6 is 15.9 Å². The zero-order chi connectivity index (χ0) is 17.9. The van der Waals surface area contributed by atoms with Crippen LogP contribution in [0.5, 0.6) is 5.75 Å². The van der Waals surface area contributed by atoms with Crippen molar-refractivity contribution < 1.29 is 9.52 Å². The van der Waals surface area contributed by atoms with E-state index >= 15 is 0 Å². The van der Waals surface area contributed by atoms with Gasteiger partial charge in [-0.25, -0.2) is 0 Å². The van der Waals surface area contributed by atoms with E-state index < -0.39 is 0 Å². The lowest BCUT2D eigenvalue weighted by Crippen LogP contribution is -2.28. The molecule has 1 aliphatic rings. The van der Waals surface area contributed by atoms with E-state index in [1.165, 1.54) is 5.57 Å². The minimum Gasteiger partial charge on any atom is -0.508 e. The first-order valence-electron chi connectivity index (χ1n) is 8.46. The maximum atomic E-state index is 9.41. The van der Waals surface area contributed by atoms with Gasteiger partial charge >= 0.3 is 0 Å². The SMILES string of the molecule is Oc1ccc(C2=CCN(Cc3nnc(-c4cccc(Br)c4)o3)CC2)cc1. The van der Waals surface area contributed by atoms with E-state index in [4.69, 9.17) is 4.42 Å². The second-order valence-electron chi connectivity index (χ2n) is 6.27. The number of aromatic nitrogens is 2. The molecule has 4 rings (SSSR count). The highest BCUT2D eigenvalue weighted by molar-refractivity contribution is 9.10. The fraction of sp³-hybridized carbons (Fsp3) is 0.200. The predicted octanol–water partition coefficient (Wildman–Crippen LogP) is 4.49. The van der Waals surface area contributed by atoms with Gasteiger partial charge in [0.1, 0.15) is 5.75 Å². The van der Waals surface area contributed by atoms with Crippen molar-refractivity contribution in [1.29, 1.82) is 0 Å². The van der Waals surface area contributed by atoms with Crippen LogP contribution in [0.15, 0.2) is 63.5 Å². The quantitative estimate of drug-likeness (QED) is 0.684. The molecule has 0 saturated heterocycles. The number of phenols is 1. The molecule has 0 atom stereocenters. The number of phenolic OH excluding ortho intramolecular Hbond substituents is 1. The van der Waals surface area contributed by atoms with E-state index in [1.54, 1.807) is 12.1 Å². The van der Waals surface area contributed by atoms with Crippen molar-refractivity contribution in [2.45, 2.75) is 13.0 Å². The summed E-state index contributed by atoms with van der Waals surface area (Å²) in [4.78, 5) is 2.28. The normalized spacial score (nSPS) is 15.0. The molecular formula is C20H18BrN3O2. The van der Waals surface area contributed by atoms with Crippen molar-refractivity contribution in [1.82, 2.24) is 15.1 Å². The smallest absolute Gasteiger partial charge is 0.247 e. The summed E-state index contributed by atoms with van der Waals surface area (Å²) >= 11 is 3.46. The summed E-state index contributed by atoms with van der Waals surface area (Å²) in [7, 11) is 0. The number of hydrogen-bond donors (Lipinski definition) is 1. The standard InChI is InChI=1S/C20H18BrN3O2/c21-17-3-1-2-16(12-17)20-23-22-19(26-20)13-24-10-8-15(9-11-24)14-4-6-18(25)7-5-14/h1-8,12,25H,9-11,13H2.